The van der Waals surface area contributed by atoms with E-state index < -0.39 is 0 Å². The zero-order valence-corrected chi connectivity index (χ0v) is 13.0. The first-order chi connectivity index (χ1) is 9.29. The zero-order valence-electron chi connectivity index (χ0n) is 11.5. The summed E-state index contributed by atoms with van der Waals surface area (Å²) in [5.74, 6) is 1.01. The van der Waals surface area contributed by atoms with Crippen LogP contribution in [0.4, 0.5) is 0 Å². The van der Waals surface area contributed by atoms with Crippen molar-refractivity contribution >= 4 is 15.9 Å². The molecule has 2 aliphatic heterocycles. The van der Waals surface area contributed by atoms with Gasteiger partial charge in [0.25, 0.3) is 0 Å². The molecule has 0 aromatic heterocycles. The van der Waals surface area contributed by atoms with Gasteiger partial charge >= 0.3 is 0 Å². The van der Waals surface area contributed by atoms with Crippen molar-refractivity contribution in [2.75, 3.05) is 6.61 Å². The van der Waals surface area contributed by atoms with Gasteiger partial charge in [0.05, 0.1) is 23.3 Å². The van der Waals surface area contributed by atoms with Crippen LogP contribution in [-0.4, -0.2) is 12.7 Å². The molecule has 1 aromatic rings. The van der Waals surface area contributed by atoms with Gasteiger partial charge in [-0.3, -0.25) is 0 Å². The fourth-order valence-corrected chi connectivity index (χ4v) is 3.62. The van der Waals surface area contributed by atoms with Crippen LogP contribution >= 0.6 is 15.9 Å². The number of ether oxygens (including phenoxy) is 2. The average molecular weight is 325 g/mol. The maximum absolute atomic E-state index is 6.29. The van der Waals surface area contributed by atoms with Gasteiger partial charge in [0, 0.05) is 12.0 Å². The molecule has 0 amide bonds. The Morgan fingerprint density at radius 3 is 3.05 bits per heavy atom. The predicted octanol–water partition coefficient (Wildman–Crippen LogP) is 4.79. The van der Waals surface area contributed by atoms with E-state index in [2.05, 4.69) is 35.0 Å². The molecule has 2 aliphatic rings. The van der Waals surface area contributed by atoms with Crippen LogP contribution in [0, 0.1) is 0 Å². The molecule has 0 bridgehead atoms. The SMILES string of the molecule is CCCCC[C@H]1Cc2ccc(Br)c3c2[C@H](CCO3)O1. The van der Waals surface area contributed by atoms with E-state index in [-0.39, 0.29) is 6.10 Å². The van der Waals surface area contributed by atoms with E-state index >= 15 is 0 Å². The van der Waals surface area contributed by atoms with E-state index in [1.807, 2.05) is 0 Å². The Hall–Kier alpha value is -0.540. The maximum atomic E-state index is 6.29. The number of hydrogen-bond donors (Lipinski definition) is 0. The Kier molecular flexibility index (Phi) is 4.13. The van der Waals surface area contributed by atoms with Crippen LogP contribution in [0.25, 0.3) is 0 Å². The molecule has 2 atom stereocenters. The highest BCUT2D eigenvalue weighted by Gasteiger charge is 2.33. The molecule has 0 unspecified atom stereocenters. The highest BCUT2D eigenvalue weighted by atomic mass is 79.9. The fraction of sp³-hybridized carbons (Fsp3) is 0.625. The van der Waals surface area contributed by atoms with Crippen molar-refractivity contribution in [2.45, 2.75) is 57.7 Å². The number of benzene rings is 1. The van der Waals surface area contributed by atoms with Crippen molar-refractivity contribution in [1.29, 1.82) is 0 Å². The summed E-state index contributed by atoms with van der Waals surface area (Å²) in [5.41, 5.74) is 2.73. The minimum absolute atomic E-state index is 0.247. The quantitative estimate of drug-likeness (QED) is 0.741. The van der Waals surface area contributed by atoms with Gasteiger partial charge in [-0.05, 0) is 40.4 Å². The van der Waals surface area contributed by atoms with Gasteiger partial charge in [0.1, 0.15) is 5.75 Å². The van der Waals surface area contributed by atoms with Gasteiger partial charge in [-0.15, -0.1) is 0 Å². The Balaban J connectivity index is 1.81. The summed E-state index contributed by atoms with van der Waals surface area (Å²) >= 11 is 3.58. The third-order valence-corrected chi connectivity index (χ3v) is 4.75. The van der Waals surface area contributed by atoms with E-state index in [0.29, 0.717) is 6.10 Å². The number of rotatable bonds is 4. The topological polar surface area (TPSA) is 18.5 Å². The molecule has 0 saturated heterocycles. The average Bonchev–Trinajstić information content (AvgIpc) is 2.43. The summed E-state index contributed by atoms with van der Waals surface area (Å²) in [6, 6.07) is 4.35. The van der Waals surface area contributed by atoms with Crippen LogP contribution in [0.3, 0.4) is 0 Å². The minimum Gasteiger partial charge on any atom is -0.492 e. The zero-order chi connectivity index (χ0) is 13.2. The fourth-order valence-electron chi connectivity index (χ4n) is 3.16. The first-order valence-electron chi connectivity index (χ1n) is 7.39. The van der Waals surface area contributed by atoms with Gasteiger partial charge < -0.3 is 9.47 Å². The molecule has 104 valence electrons. The third-order valence-electron chi connectivity index (χ3n) is 4.12. The van der Waals surface area contributed by atoms with Gasteiger partial charge in [-0.2, -0.15) is 0 Å². The summed E-state index contributed by atoms with van der Waals surface area (Å²) in [6.45, 7) is 3.01. The first kappa shape index (κ1) is 13.4. The lowest BCUT2D eigenvalue weighted by Gasteiger charge is -2.36. The lowest BCUT2D eigenvalue weighted by Crippen LogP contribution is -2.30. The first-order valence-corrected chi connectivity index (χ1v) is 8.18. The van der Waals surface area contributed by atoms with E-state index in [1.165, 1.54) is 36.8 Å². The van der Waals surface area contributed by atoms with Crippen LogP contribution < -0.4 is 4.74 Å². The molecule has 0 spiro atoms. The van der Waals surface area contributed by atoms with Gasteiger partial charge in [-0.1, -0.05) is 32.3 Å². The Bertz CT molecular complexity index is 458. The van der Waals surface area contributed by atoms with Gasteiger partial charge in [0.15, 0.2) is 0 Å². The number of hydrogen-bond acceptors (Lipinski definition) is 2. The predicted molar refractivity (Wildman–Crippen MR) is 79.7 cm³/mol. The normalized spacial score (nSPS) is 24.7. The highest BCUT2D eigenvalue weighted by molar-refractivity contribution is 9.10. The lowest BCUT2D eigenvalue weighted by molar-refractivity contribution is -0.0487. The van der Waals surface area contributed by atoms with Crippen LogP contribution in [0.15, 0.2) is 16.6 Å². The number of unbranched alkanes of at least 4 members (excludes halogenated alkanes) is 2. The molecule has 0 radical (unpaired) electrons. The van der Waals surface area contributed by atoms with Crippen LogP contribution in [0.1, 0.15) is 56.3 Å². The molecule has 3 rings (SSSR count). The van der Waals surface area contributed by atoms with Crippen molar-refractivity contribution in [2.24, 2.45) is 0 Å². The minimum atomic E-state index is 0.247. The summed E-state index contributed by atoms with van der Waals surface area (Å²) in [6.07, 6.45) is 7.73. The van der Waals surface area contributed by atoms with Gasteiger partial charge in [0.2, 0.25) is 0 Å². The largest absolute Gasteiger partial charge is 0.492 e. The highest BCUT2D eigenvalue weighted by Crippen LogP contribution is 2.45. The van der Waals surface area contributed by atoms with Crippen LogP contribution in [0.5, 0.6) is 5.75 Å². The standard InChI is InChI=1S/C16H21BrO2/c1-2-3-4-5-12-10-11-6-7-13(17)16-15(11)14(19-12)8-9-18-16/h6-7,12,14H,2-5,8-10H2,1H3/t12-,14-/m0/s1. The Morgan fingerprint density at radius 2 is 2.21 bits per heavy atom. The molecule has 0 aliphatic carbocycles. The molecule has 3 heteroatoms. The third kappa shape index (κ3) is 2.68. The molecule has 0 fully saturated rings. The van der Waals surface area contributed by atoms with E-state index in [1.54, 1.807) is 0 Å². The Morgan fingerprint density at radius 1 is 1.32 bits per heavy atom. The molecule has 2 heterocycles. The molecule has 0 N–H and O–H groups in total. The summed E-state index contributed by atoms with van der Waals surface area (Å²) in [7, 11) is 0. The molecular formula is C16H21BrO2. The van der Waals surface area contributed by atoms with Crippen molar-refractivity contribution in [3.8, 4) is 5.75 Å². The second-order valence-corrected chi connectivity index (χ2v) is 6.39. The molecule has 2 nitrogen and oxygen atoms in total. The van der Waals surface area contributed by atoms with E-state index in [0.717, 1.165) is 29.7 Å². The summed E-state index contributed by atoms with van der Waals surface area (Å²) in [5, 5.41) is 0. The van der Waals surface area contributed by atoms with Crippen molar-refractivity contribution < 1.29 is 9.47 Å². The van der Waals surface area contributed by atoms with E-state index in [9.17, 15) is 0 Å². The van der Waals surface area contributed by atoms with Crippen molar-refractivity contribution in [3.63, 3.8) is 0 Å². The van der Waals surface area contributed by atoms with Crippen molar-refractivity contribution in [3.05, 3.63) is 27.7 Å². The van der Waals surface area contributed by atoms with Gasteiger partial charge in [-0.25, -0.2) is 0 Å². The number of halogens is 1. The molecule has 0 saturated carbocycles. The monoisotopic (exact) mass is 324 g/mol. The summed E-state index contributed by atoms with van der Waals surface area (Å²) < 4.78 is 13.2. The summed E-state index contributed by atoms with van der Waals surface area (Å²) in [4.78, 5) is 0. The second-order valence-electron chi connectivity index (χ2n) is 5.53. The van der Waals surface area contributed by atoms with E-state index in [4.69, 9.17) is 9.47 Å². The molecular weight excluding hydrogens is 304 g/mol. The van der Waals surface area contributed by atoms with Crippen LogP contribution in [0.2, 0.25) is 0 Å². The smallest absolute Gasteiger partial charge is 0.139 e. The molecule has 1 aromatic carbocycles. The second kappa shape index (κ2) is 5.84. The Labute approximate surface area is 123 Å². The van der Waals surface area contributed by atoms with Crippen LogP contribution in [-0.2, 0) is 11.2 Å². The van der Waals surface area contributed by atoms with Crippen molar-refractivity contribution in [1.82, 2.24) is 0 Å². The molecule has 19 heavy (non-hydrogen) atoms. The maximum Gasteiger partial charge on any atom is 0.139 e. The lowest BCUT2D eigenvalue weighted by atomic mass is 9.89.